The number of rotatable bonds is 2. The highest BCUT2D eigenvalue weighted by Crippen LogP contribution is 2.33. The third-order valence-electron chi connectivity index (χ3n) is 3.71. The fourth-order valence-corrected chi connectivity index (χ4v) is 2.75. The zero-order valence-electron chi connectivity index (χ0n) is 12.5. The molecule has 22 heavy (non-hydrogen) atoms. The van der Waals surface area contributed by atoms with E-state index in [1.54, 1.807) is 10.6 Å². The van der Waals surface area contributed by atoms with E-state index in [1.807, 2.05) is 20.8 Å². The molecule has 2 aromatic heterocycles. The number of carboxylic acids is 1. The van der Waals surface area contributed by atoms with Crippen LogP contribution in [0.5, 0.6) is 0 Å². The van der Waals surface area contributed by atoms with Crippen molar-refractivity contribution >= 4 is 27.5 Å². The molecule has 0 spiro atoms. The highest BCUT2D eigenvalue weighted by molar-refractivity contribution is 9.10. The number of carbonyl (C=O) groups is 1. The molecule has 1 saturated heterocycles. The van der Waals surface area contributed by atoms with E-state index in [2.05, 4.69) is 26.0 Å². The van der Waals surface area contributed by atoms with Crippen LogP contribution >= 0.6 is 15.9 Å². The van der Waals surface area contributed by atoms with Gasteiger partial charge in [-0.3, -0.25) is 0 Å². The molecule has 0 atom stereocenters. The first-order valence-corrected chi connectivity index (χ1v) is 7.58. The molecule has 1 aliphatic rings. The van der Waals surface area contributed by atoms with Gasteiger partial charge in [0.25, 0.3) is 0 Å². The van der Waals surface area contributed by atoms with Crippen LogP contribution in [0.1, 0.15) is 37.0 Å². The topological polar surface area (TPSA) is 86.0 Å². The van der Waals surface area contributed by atoms with Gasteiger partial charge in [-0.05, 0) is 42.8 Å². The summed E-state index contributed by atoms with van der Waals surface area (Å²) in [5.74, 6) is -1.73. The lowest BCUT2D eigenvalue weighted by atomic mass is 9.86. The molecule has 7 nitrogen and oxygen atoms in total. The van der Waals surface area contributed by atoms with Gasteiger partial charge in [-0.1, -0.05) is 0 Å². The van der Waals surface area contributed by atoms with E-state index >= 15 is 0 Å². The van der Waals surface area contributed by atoms with Crippen molar-refractivity contribution in [3.8, 4) is 0 Å². The van der Waals surface area contributed by atoms with Crippen LogP contribution < -0.4 is 0 Å². The Bertz CT molecular complexity index is 746. The lowest BCUT2D eigenvalue weighted by molar-refractivity contribution is -0.267. The number of hydrogen-bond acceptors (Lipinski definition) is 5. The summed E-state index contributed by atoms with van der Waals surface area (Å²) >= 11 is 3.30. The normalized spacial score (nSPS) is 20.2. The van der Waals surface area contributed by atoms with Gasteiger partial charge in [-0.15, -0.1) is 0 Å². The van der Waals surface area contributed by atoms with Gasteiger partial charge in [0.15, 0.2) is 17.1 Å². The minimum atomic E-state index is -1.08. The van der Waals surface area contributed by atoms with E-state index in [4.69, 9.17) is 9.47 Å². The lowest BCUT2D eigenvalue weighted by Crippen LogP contribution is -2.48. The van der Waals surface area contributed by atoms with Gasteiger partial charge in [0.05, 0.1) is 24.3 Å². The second kappa shape index (κ2) is 5.00. The molecular weight excluding hydrogens is 354 g/mol. The number of fused-ring (bicyclic) bond motifs is 1. The third kappa shape index (κ3) is 2.62. The average Bonchev–Trinajstić information content (AvgIpc) is 2.81. The van der Waals surface area contributed by atoms with Crippen LogP contribution in [0.2, 0.25) is 0 Å². The van der Waals surface area contributed by atoms with Crippen LogP contribution in [0.15, 0.2) is 16.7 Å². The molecule has 118 valence electrons. The van der Waals surface area contributed by atoms with Crippen molar-refractivity contribution in [3.05, 3.63) is 28.1 Å². The summed E-state index contributed by atoms with van der Waals surface area (Å²) in [6.45, 7) is 6.45. The number of nitrogens with zero attached hydrogens (tertiary/aromatic N) is 3. The number of carboxylic acid groups (broad SMARTS) is 1. The van der Waals surface area contributed by atoms with Crippen molar-refractivity contribution in [2.75, 3.05) is 13.2 Å². The maximum Gasteiger partial charge on any atom is 0.354 e. The Labute approximate surface area is 135 Å². The van der Waals surface area contributed by atoms with Gasteiger partial charge in [-0.2, -0.15) is 5.10 Å². The minimum absolute atomic E-state index is 0.0269. The molecule has 0 unspecified atom stereocenters. The number of halogens is 1. The Morgan fingerprint density at radius 3 is 2.55 bits per heavy atom. The molecule has 0 aliphatic carbocycles. The number of aromatic nitrogens is 3. The molecule has 1 fully saturated rings. The maximum absolute atomic E-state index is 11.3. The highest BCUT2D eigenvalue weighted by atomic mass is 79.9. The monoisotopic (exact) mass is 369 g/mol. The second-order valence-electron chi connectivity index (χ2n) is 6.11. The maximum atomic E-state index is 11.3. The van der Waals surface area contributed by atoms with E-state index in [9.17, 15) is 9.90 Å². The van der Waals surface area contributed by atoms with Crippen molar-refractivity contribution in [2.24, 2.45) is 0 Å². The van der Waals surface area contributed by atoms with E-state index in [-0.39, 0.29) is 5.69 Å². The van der Waals surface area contributed by atoms with E-state index in [0.29, 0.717) is 29.2 Å². The zero-order valence-corrected chi connectivity index (χ0v) is 14.0. The van der Waals surface area contributed by atoms with Crippen LogP contribution in [0.4, 0.5) is 0 Å². The first kappa shape index (κ1) is 15.4. The molecule has 0 aromatic carbocycles. The smallest absolute Gasteiger partial charge is 0.354 e. The van der Waals surface area contributed by atoms with Crippen LogP contribution in [0.25, 0.3) is 5.65 Å². The number of hydrogen-bond donors (Lipinski definition) is 1. The quantitative estimate of drug-likeness (QED) is 0.873. The summed E-state index contributed by atoms with van der Waals surface area (Å²) in [7, 11) is 0. The van der Waals surface area contributed by atoms with Crippen LogP contribution in [0.3, 0.4) is 0 Å². The van der Waals surface area contributed by atoms with Crippen LogP contribution in [-0.2, 0) is 14.9 Å². The fourth-order valence-electron chi connectivity index (χ4n) is 2.38. The fraction of sp³-hybridized carbons (Fsp3) is 0.500. The standard InChI is InChI=1S/C14H16BrN3O4/c1-13(2)21-6-14(3,7-22-13)9-4-8(12(19)20)16-11-5-10(15)17-18(9)11/h4-5H,6-7H2,1-3H3,(H,19,20). The summed E-state index contributed by atoms with van der Waals surface area (Å²) in [5.41, 5.74) is 0.608. The van der Waals surface area contributed by atoms with E-state index in [0.717, 1.165) is 0 Å². The van der Waals surface area contributed by atoms with Crippen molar-refractivity contribution in [2.45, 2.75) is 32.0 Å². The Kier molecular flexibility index (Phi) is 3.50. The molecule has 0 saturated carbocycles. The summed E-state index contributed by atoms with van der Waals surface area (Å²) < 4.78 is 13.7. The minimum Gasteiger partial charge on any atom is -0.477 e. The Balaban J connectivity index is 2.14. The number of aromatic carboxylic acids is 1. The molecule has 3 heterocycles. The molecular formula is C14H16BrN3O4. The first-order chi connectivity index (χ1) is 10.2. The van der Waals surface area contributed by atoms with Gasteiger partial charge in [0, 0.05) is 6.07 Å². The molecule has 1 N–H and O–H groups in total. The van der Waals surface area contributed by atoms with Gasteiger partial charge >= 0.3 is 5.97 Å². The predicted octanol–water partition coefficient (Wildman–Crippen LogP) is 2.23. The summed E-state index contributed by atoms with van der Waals surface area (Å²) in [6.07, 6.45) is 0. The van der Waals surface area contributed by atoms with E-state index < -0.39 is 17.2 Å². The van der Waals surface area contributed by atoms with Crippen LogP contribution in [0, 0.1) is 0 Å². The van der Waals surface area contributed by atoms with Crippen molar-refractivity contribution in [3.63, 3.8) is 0 Å². The molecule has 3 rings (SSSR count). The molecule has 0 amide bonds. The molecule has 0 radical (unpaired) electrons. The first-order valence-electron chi connectivity index (χ1n) is 6.78. The highest BCUT2D eigenvalue weighted by Gasteiger charge is 2.40. The molecule has 1 aliphatic heterocycles. The van der Waals surface area contributed by atoms with Gasteiger partial charge in [0.2, 0.25) is 0 Å². The third-order valence-corrected chi connectivity index (χ3v) is 4.10. The second-order valence-corrected chi connectivity index (χ2v) is 6.92. The van der Waals surface area contributed by atoms with Gasteiger partial charge in [0.1, 0.15) is 4.60 Å². The summed E-state index contributed by atoms with van der Waals surface area (Å²) in [4.78, 5) is 15.4. The predicted molar refractivity (Wildman–Crippen MR) is 81.0 cm³/mol. The lowest BCUT2D eigenvalue weighted by Gasteiger charge is -2.41. The van der Waals surface area contributed by atoms with Gasteiger partial charge in [-0.25, -0.2) is 14.3 Å². The Hall–Kier alpha value is -1.51. The van der Waals surface area contributed by atoms with Crippen molar-refractivity contribution < 1.29 is 19.4 Å². The number of ether oxygens (including phenoxy) is 2. The largest absolute Gasteiger partial charge is 0.477 e. The average molecular weight is 370 g/mol. The van der Waals surface area contributed by atoms with Crippen LogP contribution in [-0.4, -0.2) is 44.7 Å². The Morgan fingerprint density at radius 1 is 1.32 bits per heavy atom. The molecule has 8 heteroatoms. The Morgan fingerprint density at radius 2 is 1.95 bits per heavy atom. The van der Waals surface area contributed by atoms with Crippen molar-refractivity contribution in [1.82, 2.24) is 14.6 Å². The SMILES string of the molecule is CC1(C)OCC(C)(c2cc(C(=O)O)nc3cc(Br)nn23)CO1. The van der Waals surface area contributed by atoms with Gasteiger partial charge < -0.3 is 14.6 Å². The van der Waals surface area contributed by atoms with E-state index in [1.165, 1.54) is 6.07 Å². The zero-order chi connectivity index (χ0) is 16.1. The molecule has 2 aromatic rings. The molecule has 0 bridgehead atoms. The summed E-state index contributed by atoms with van der Waals surface area (Å²) in [5, 5.41) is 13.6. The summed E-state index contributed by atoms with van der Waals surface area (Å²) in [6, 6.07) is 3.20. The van der Waals surface area contributed by atoms with Crippen molar-refractivity contribution in [1.29, 1.82) is 0 Å².